The molecule has 0 aliphatic rings. The lowest BCUT2D eigenvalue weighted by atomic mass is 10.2. The van der Waals surface area contributed by atoms with Gasteiger partial charge in [0.05, 0.1) is 18.1 Å². The van der Waals surface area contributed by atoms with Crippen molar-refractivity contribution in [2.75, 3.05) is 11.9 Å². The Balaban J connectivity index is 2.89. The number of anilines is 1. The van der Waals surface area contributed by atoms with Gasteiger partial charge >= 0.3 is 5.97 Å². The van der Waals surface area contributed by atoms with Gasteiger partial charge in [-0.15, -0.1) is 0 Å². The summed E-state index contributed by atoms with van der Waals surface area (Å²) in [7, 11) is 0. The van der Waals surface area contributed by atoms with Crippen molar-refractivity contribution in [3.63, 3.8) is 0 Å². The van der Waals surface area contributed by atoms with Crippen molar-refractivity contribution in [3.8, 4) is 0 Å². The van der Waals surface area contributed by atoms with Crippen LogP contribution < -0.4 is 10.4 Å². The fraction of sp³-hybridized carbons (Fsp3) is 0.167. The monoisotopic (exact) mass is 270 g/mol. The van der Waals surface area contributed by atoms with Gasteiger partial charge in [0.25, 0.3) is 0 Å². The fourth-order valence-electron chi connectivity index (χ4n) is 1.15. The van der Waals surface area contributed by atoms with Crippen LogP contribution in [0.5, 0.6) is 0 Å². The molecule has 0 saturated carbocycles. The largest absolute Gasteiger partial charge is 0.544 e. The quantitative estimate of drug-likeness (QED) is 0.366. The number of rotatable bonds is 5. The van der Waals surface area contributed by atoms with Gasteiger partial charge in [-0.25, -0.2) is 13.6 Å². The molecule has 7 heteroatoms. The molecule has 0 aromatic heterocycles. The van der Waals surface area contributed by atoms with E-state index in [1.807, 2.05) is 0 Å². The molecule has 0 radical (unpaired) electrons. The summed E-state index contributed by atoms with van der Waals surface area (Å²) in [6.07, 6.45) is 0.792. The van der Waals surface area contributed by atoms with Crippen molar-refractivity contribution in [2.45, 2.75) is 6.92 Å². The number of benzene rings is 1. The molecule has 19 heavy (non-hydrogen) atoms. The summed E-state index contributed by atoms with van der Waals surface area (Å²) in [5, 5.41) is 13.0. The Kier molecular flexibility index (Phi) is 4.99. The second-order valence-corrected chi connectivity index (χ2v) is 3.34. The van der Waals surface area contributed by atoms with Gasteiger partial charge in [-0.3, -0.25) is 0 Å². The molecule has 5 nitrogen and oxygen atoms in total. The summed E-state index contributed by atoms with van der Waals surface area (Å²) < 4.78 is 30.0. The number of aliphatic carboxylic acids is 1. The number of ether oxygens (including phenoxy) is 1. The van der Waals surface area contributed by atoms with Crippen LogP contribution in [0, 0.1) is 11.6 Å². The van der Waals surface area contributed by atoms with Gasteiger partial charge in [-0.2, -0.15) is 0 Å². The van der Waals surface area contributed by atoms with Crippen LogP contribution in [0.25, 0.3) is 0 Å². The summed E-state index contributed by atoms with van der Waals surface area (Å²) in [6.45, 7) is 1.50. The van der Waals surface area contributed by atoms with Crippen LogP contribution in [-0.4, -0.2) is 18.5 Å². The lowest BCUT2D eigenvalue weighted by Crippen LogP contribution is -2.30. The first kappa shape index (κ1) is 14.6. The third-order valence-corrected chi connectivity index (χ3v) is 2.02. The molecule has 0 heterocycles. The molecular weight excluding hydrogens is 260 g/mol. The van der Waals surface area contributed by atoms with Gasteiger partial charge in [0.15, 0.2) is 11.6 Å². The highest BCUT2D eigenvalue weighted by atomic mass is 19.2. The number of halogens is 2. The van der Waals surface area contributed by atoms with Gasteiger partial charge in [-0.1, -0.05) is 0 Å². The van der Waals surface area contributed by atoms with Crippen LogP contribution in [0.4, 0.5) is 14.5 Å². The Morgan fingerprint density at radius 1 is 1.37 bits per heavy atom. The van der Waals surface area contributed by atoms with Gasteiger partial charge in [0, 0.05) is 18.0 Å². The number of carbonyl (C=O) groups is 2. The molecule has 0 aliphatic heterocycles. The van der Waals surface area contributed by atoms with Crippen molar-refractivity contribution in [2.24, 2.45) is 0 Å². The van der Waals surface area contributed by atoms with Crippen molar-refractivity contribution in [3.05, 3.63) is 41.6 Å². The second kappa shape index (κ2) is 6.48. The molecule has 1 aromatic rings. The number of hydrogen-bond donors (Lipinski definition) is 1. The van der Waals surface area contributed by atoms with E-state index < -0.39 is 29.1 Å². The molecule has 0 saturated heterocycles. The van der Waals surface area contributed by atoms with E-state index in [-0.39, 0.29) is 12.3 Å². The maximum absolute atomic E-state index is 12.9. The Hall–Kier alpha value is -2.44. The fourth-order valence-corrected chi connectivity index (χ4v) is 1.15. The molecule has 0 spiro atoms. The highest BCUT2D eigenvalue weighted by Gasteiger charge is 2.11. The van der Waals surface area contributed by atoms with E-state index in [2.05, 4.69) is 10.1 Å². The molecule has 102 valence electrons. The van der Waals surface area contributed by atoms with Crippen molar-refractivity contribution in [1.29, 1.82) is 0 Å². The summed E-state index contributed by atoms with van der Waals surface area (Å²) in [5.41, 5.74) is -0.687. The average Bonchev–Trinajstić information content (AvgIpc) is 2.33. The molecule has 0 atom stereocenters. The number of nitrogens with one attached hydrogen (secondary N) is 1. The van der Waals surface area contributed by atoms with Crippen LogP contribution >= 0.6 is 0 Å². The summed E-state index contributed by atoms with van der Waals surface area (Å²) in [6, 6.07) is 2.84. The maximum Gasteiger partial charge on any atom is 0.341 e. The zero-order valence-corrected chi connectivity index (χ0v) is 9.91. The normalized spacial score (nSPS) is 11.0. The molecule has 0 amide bonds. The molecule has 0 bridgehead atoms. The van der Waals surface area contributed by atoms with E-state index >= 15 is 0 Å². The Morgan fingerprint density at radius 3 is 2.58 bits per heavy atom. The second-order valence-electron chi connectivity index (χ2n) is 3.34. The molecule has 0 unspecified atom stereocenters. The predicted octanol–water partition coefficient (Wildman–Crippen LogP) is 0.574. The van der Waals surface area contributed by atoms with E-state index in [0.717, 1.165) is 18.3 Å². The van der Waals surface area contributed by atoms with Crippen LogP contribution in [0.2, 0.25) is 0 Å². The number of carbonyl (C=O) groups excluding carboxylic acids is 2. The Bertz CT molecular complexity index is 528. The third kappa shape index (κ3) is 4.06. The summed E-state index contributed by atoms with van der Waals surface area (Å²) >= 11 is 0. The highest BCUT2D eigenvalue weighted by molar-refractivity contribution is 6.12. The number of esters is 1. The van der Waals surface area contributed by atoms with E-state index in [0.29, 0.717) is 0 Å². The van der Waals surface area contributed by atoms with Gasteiger partial charge in [0.1, 0.15) is 0 Å². The standard InChI is InChI=1S/C12H11F2NO4/c1-2-19-12(18)8(11(16)17)6-15-7-3-4-9(13)10(14)5-7/h3-6,15H,2H2,1H3,(H,16,17)/p-1/b8-6+. The summed E-state index contributed by atoms with van der Waals surface area (Å²) in [5.74, 6) is -4.98. The first-order valence-corrected chi connectivity index (χ1v) is 5.26. The van der Waals surface area contributed by atoms with Gasteiger partial charge in [0.2, 0.25) is 0 Å². The van der Waals surface area contributed by atoms with E-state index in [4.69, 9.17) is 0 Å². The van der Waals surface area contributed by atoms with Crippen LogP contribution in [0.1, 0.15) is 6.92 Å². The van der Waals surface area contributed by atoms with E-state index in [1.165, 1.54) is 13.0 Å². The maximum atomic E-state index is 12.9. The summed E-state index contributed by atoms with van der Waals surface area (Å²) in [4.78, 5) is 21.9. The minimum absolute atomic E-state index is 0.00533. The van der Waals surface area contributed by atoms with Crippen molar-refractivity contribution >= 4 is 17.6 Å². The average molecular weight is 270 g/mol. The van der Waals surface area contributed by atoms with Crippen LogP contribution in [0.15, 0.2) is 30.0 Å². The minimum Gasteiger partial charge on any atom is -0.544 e. The molecule has 0 aliphatic carbocycles. The lowest BCUT2D eigenvalue weighted by molar-refractivity contribution is -0.299. The van der Waals surface area contributed by atoms with Gasteiger partial charge < -0.3 is 20.0 Å². The predicted molar refractivity (Wildman–Crippen MR) is 59.7 cm³/mol. The zero-order valence-electron chi connectivity index (χ0n) is 9.91. The van der Waals surface area contributed by atoms with Crippen molar-refractivity contribution < 1.29 is 28.2 Å². The molecule has 1 aromatic carbocycles. The minimum atomic E-state index is -1.74. The third-order valence-electron chi connectivity index (χ3n) is 2.02. The molecule has 0 fully saturated rings. The van der Waals surface area contributed by atoms with Gasteiger partial charge in [-0.05, 0) is 19.1 Å². The zero-order chi connectivity index (χ0) is 14.4. The van der Waals surface area contributed by atoms with E-state index in [9.17, 15) is 23.5 Å². The molecular formula is C12H10F2NO4-. The molecule has 1 N–H and O–H groups in total. The van der Waals surface area contributed by atoms with Crippen LogP contribution in [-0.2, 0) is 14.3 Å². The highest BCUT2D eigenvalue weighted by Crippen LogP contribution is 2.13. The number of carboxylic acid groups (broad SMARTS) is 1. The Morgan fingerprint density at radius 2 is 2.05 bits per heavy atom. The first-order chi connectivity index (χ1) is 8.95. The van der Waals surface area contributed by atoms with Crippen LogP contribution in [0.3, 0.4) is 0 Å². The lowest BCUT2D eigenvalue weighted by Gasteiger charge is -2.08. The SMILES string of the molecule is CCOC(=O)/C(=C/Nc1ccc(F)c(F)c1)C(=O)[O-]. The smallest absolute Gasteiger partial charge is 0.341 e. The Labute approximate surface area is 107 Å². The van der Waals surface area contributed by atoms with E-state index in [1.54, 1.807) is 0 Å². The van der Waals surface area contributed by atoms with Crippen molar-refractivity contribution in [1.82, 2.24) is 0 Å². The number of carboxylic acids is 1. The number of hydrogen-bond acceptors (Lipinski definition) is 5. The molecule has 1 rings (SSSR count). The topological polar surface area (TPSA) is 78.5 Å². The first-order valence-electron chi connectivity index (χ1n) is 5.26.